The van der Waals surface area contributed by atoms with Gasteiger partial charge in [-0.3, -0.25) is 4.31 Å². The molecule has 4 nitrogen and oxygen atoms in total. The van der Waals surface area contributed by atoms with Gasteiger partial charge >= 0.3 is 0 Å². The minimum absolute atomic E-state index is 0.00512. The van der Waals surface area contributed by atoms with Crippen molar-refractivity contribution in [1.29, 1.82) is 0 Å². The first-order chi connectivity index (χ1) is 13.3. The zero-order valence-electron chi connectivity index (χ0n) is 15.3. The first kappa shape index (κ1) is 20.2. The van der Waals surface area contributed by atoms with E-state index in [2.05, 4.69) is 0 Å². The lowest BCUT2D eigenvalue weighted by atomic mass is 10.1. The highest BCUT2D eigenvalue weighted by atomic mass is 35.5. The zero-order valence-corrected chi connectivity index (χ0v) is 16.9. The van der Waals surface area contributed by atoms with E-state index < -0.39 is 21.9 Å². The molecule has 0 aliphatic carbocycles. The largest absolute Gasteiger partial charge is 0.497 e. The summed E-state index contributed by atoms with van der Waals surface area (Å²) in [6, 6.07) is 18.0. The Hall–Kier alpha value is -2.57. The van der Waals surface area contributed by atoms with Crippen LogP contribution < -0.4 is 9.04 Å². The summed E-state index contributed by atoms with van der Waals surface area (Å²) in [5, 5.41) is 0.563. The first-order valence-electron chi connectivity index (χ1n) is 8.52. The van der Waals surface area contributed by atoms with Gasteiger partial charge in [-0.05, 0) is 73.2 Å². The van der Waals surface area contributed by atoms with Gasteiger partial charge in [-0.15, -0.1) is 0 Å². The van der Waals surface area contributed by atoms with Gasteiger partial charge in [0.05, 0.1) is 23.7 Å². The van der Waals surface area contributed by atoms with Crippen LogP contribution in [0.25, 0.3) is 0 Å². The number of sulfonamides is 1. The molecule has 3 rings (SSSR count). The maximum absolute atomic E-state index is 13.4. The zero-order chi connectivity index (χ0) is 20.3. The number of ether oxygens (including phenoxy) is 1. The summed E-state index contributed by atoms with van der Waals surface area (Å²) in [4.78, 5) is 0.00512. The minimum atomic E-state index is -3.96. The van der Waals surface area contributed by atoms with E-state index in [0.29, 0.717) is 16.5 Å². The summed E-state index contributed by atoms with van der Waals surface area (Å²) in [7, 11) is -2.42. The molecule has 0 spiro atoms. The van der Waals surface area contributed by atoms with Gasteiger partial charge in [-0.1, -0.05) is 23.7 Å². The normalized spacial score (nSPS) is 12.4. The third kappa shape index (κ3) is 4.13. The van der Waals surface area contributed by atoms with Crippen molar-refractivity contribution in [2.45, 2.75) is 17.9 Å². The van der Waals surface area contributed by atoms with Gasteiger partial charge in [0.15, 0.2) is 0 Å². The summed E-state index contributed by atoms with van der Waals surface area (Å²) in [6.45, 7) is 1.79. The lowest BCUT2D eigenvalue weighted by molar-refractivity contribution is 0.415. The van der Waals surface area contributed by atoms with Crippen LogP contribution in [-0.2, 0) is 10.0 Å². The molecule has 0 aromatic heterocycles. The van der Waals surface area contributed by atoms with E-state index in [4.69, 9.17) is 16.3 Å². The standard InChI is InChI=1S/C21H19ClFNO3S/c1-15(16-3-5-17(22)6-4-16)24(19-9-11-20(27-2)12-10-19)28(25,26)21-13-7-18(23)8-14-21/h3-15H,1-2H3/t15-/m1/s1. The molecule has 0 saturated heterocycles. The Morgan fingerprint density at radius 1 is 0.929 bits per heavy atom. The van der Waals surface area contributed by atoms with Crippen LogP contribution in [0.5, 0.6) is 5.75 Å². The molecule has 146 valence electrons. The van der Waals surface area contributed by atoms with Crippen LogP contribution in [0, 0.1) is 5.82 Å². The summed E-state index contributed by atoms with van der Waals surface area (Å²) < 4.78 is 46.6. The highest BCUT2D eigenvalue weighted by molar-refractivity contribution is 7.92. The van der Waals surface area contributed by atoms with Gasteiger partial charge < -0.3 is 4.74 Å². The number of hydrogen-bond acceptors (Lipinski definition) is 3. The molecule has 0 radical (unpaired) electrons. The average Bonchev–Trinajstić information content (AvgIpc) is 2.69. The second-order valence-corrected chi connectivity index (χ2v) is 8.43. The maximum atomic E-state index is 13.4. The molecular formula is C21H19ClFNO3S. The quantitative estimate of drug-likeness (QED) is 0.534. The van der Waals surface area contributed by atoms with Crippen molar-refractivity contribution < 1.29 is 17.5 Å². The molecular weight excluding hydrogens is 401 g/mol. The molecule has 0 N–H and O–H groups in total. The van der Waals surface area contributed by atoms with Gasteiger partial charge in [-0.2, -0.15) is 0 Å². The first-order valence-corrected chi connectivity index (χ1v) is 10.3. The molecule has 3 aromatic carbocycles. The van der Waals surface area contributed by atoms with E-state index in [1.54, 1.807) is 62.6 Å². The summed E-state index contributed by atoms with van der Waals surface area (Å²) >= 11 is 5.97. The summed E-state index contributed by atoms with van der Waals surface area (Å²) in [6.07, 6.45) is 0. The average molecular weight is 420 g/mol. The topological polar surface area (TPSA) is 46.6 Å². The van der Waals surface area contributed by atoms with Crippen molar-refractivity contribution in [1.82, 2.24) is 0 Å². The van der Waals surface area contributed by atoms with Gasteiger partial charge in [-0.25, -0.2) is 12.8 Å². The molecule has 0 unspecified atom stereocenters. The number of benzene rings is 3. The minimum Gasteiger partial charge on any atom is -0.497 e. The molecule has 0 saturated carbocycles. The van der Waals surface area contributed by atoms with Crippen molar-refractivity contribution >= 4 is 27.3 Å². The summed E-state index contributed by atoms with van der Waals surface area (Å²) in [5.41, 5.74) is 1.23. The Morgan fingerprint density at radius 2 is 1.50 bits per heavy atom. The lowest BCUT2D eigenvalue weighted by Crippen LogP contribution is -2.33. The van der Waals surface area contributed by atoms with E-state index in [0.717, 1.165) is 17.7 Å². The number of rotatable bonds is 6. The fourth-order valence-electron chi connectivity index (χ4n) is 2.90. The Labute approximate surface area is 169 Å². The molecule has 7 heteroatoms. The number of hydrogen-bond donors (Lipinski definition) is 0. The van der Waals surface area contributed by atoms with Crippen molar-refractivity contribution in [3.05, 3.63) is 89.2 Å². The van der Waals surface area contributed by atoms with Crippen LogP contribution >= 0.6 is 11.6 Å². The predicted molar refractivity (Wildman–Crippen MR) is 109 cm³/mol. The molecule has 0 bridgehead atoms. The molecule has 1 atom stereocenters. The van der Waals surface area contributed by atoms with Crippen LogP contribution in [0.3, 0.4) is 0 Å². The molecule has 0 fully saturated rings. The summed E-state index contributed by atoms with van der Waals surface area (Å²) in [5.74, 6) is 0.114. The van der Waals surface area contributed by atoms with Crippen molar-refractivity contribution in [3.8, 4) is 5.75 Å². The molecule has 0 aliphatic rings. The highest BCUT2D eigenvalue weighted by Gasteiger charge is 2.30. The second-order valence-electron chi connectivity index (χ2n) is 6.18. The number of anilines is 1. The van der Waals surface area contributed by atoms with E-state index >= 15 is 0 Å². The van der Waals surface area contributed by atoms with Crippen molar-refractivity contribution in [2.24, 2.45) is 0 Å². The number of halogens is 2. The third-order valence-corrected chi connectivity index (χ3v) is 6.57. The van der Waals surface area contributed by atoms with E-state index in [9.17, 15) is 12.8 Å². The lowest BCUT2D eigenvalue weighted by Gasteiger charge is -2.31. The van der Waals surface area contributed by atoms with Crippen LogP contribution in [0.15, 0.2) is 77.7 Å². The van der Waals surface area contributed by atoms with Crippen molar-refractivity contribution in [3.63, 3.8) is 0 Å². The van der Waals surface area contributed by atoms with Crippen LogP contribution in [0.2, 0.25) is 5.02 Å². The highest BCUT2D eigenvalue weighted by Crippen LogP contribution is 2.34. The van der Waals surface area contributed by atoms with E-state index in [1.807, 2.05) is 0 Å². The third-order valence-electron chi connectivity index (χ3n) is 4.40. The van der Waals surface area contributed by atoms with Crippen LogP contribution in [0.4, 0.5) is 10.1 Å². The van der Waals surface area contributed by atoms with Gasteiger partial charge in [0.1, 0.15) is 11.6 Å². The SMILES string of the molecule is COc1ccc(N([C@H](C)c2ccc(Cl)cc2)S(=O)(=O)c2ccc(F)cc2)cc1. The van der Waals surface area contributed by atoms with Gasteiger partial charge in [0, 0.05) is 5.02 Å². The molecule has 0 amide bonds. The number of methoxy groups -OCH3 is 1. The molecule has 0 heterocycles. The monoisotopic (exact) mass is 419 g/mol. The Morgan fingerprint density at radius 3 is 2.04 bits per heavy atom. The van der Waals surface area contributed by atoms with Gasteiger partial charge in [0.25, 0.3) is 10.0 Å². The maximum Gasteiger partial charge on any atom is 0.264 e. The Balaban J connectivity index is 2.12. The molecule has 28 heavy (non-hydrogen) atoms. The molecule has 3 aromatic rings. The fourth-order valence-corrected chi connectivity index (χ4v) is 4.67. The smallest absolute Gasteiger partial charge is 0.264 e. The van der Waals surface area contributed by atoms with Crippen LogP contribution in [0.1, 0.15) is 18.5 Å². The van der Waals surface area contributed by atoms with E-state index in [1.165, 1.54) is 16.4 Å². The van der Waals surface area contributed by atoms with Crippen LogP contribution in [-0.4, -0.2) is 15.5 Å². The Kier molecular flexibility index (Phi) is 5.91. The van der Waals surface area contributed by atoms with E-state index in [-0.39, 0.29) is 4.90 Å². The Bertz CT molecular complexity index is 1040. The van der Waals surface area contributed by atoms with Crippen molar-refractivity contribution in [2.75, 3.05) is 11.4 Å². The number of nitrogens with zero attached hydrogens (tertiary/aromatic N) is 1. The van der Waals surface area contributed by atoms with Gasteiger partial charge in [0.2, 0.25) is 0 Å². The fraction of sp³-hybridized carbons (Fsp3) is 0.143. The second kappa shape index (κ2) is 8.20. The molecule has 0 aliphatic heterocycles. The predicted octanol–water partition coefficient (Wildman–Crippen LogP) is 5.44.